The van der Waals surface area contributed by atoms with Crippen LogP contribution in [-0.2, 0) is 9.59 Å². The van der Waals surface area contributed by atoms with Crippen molar-refractivity contribution in [2.24, 2.45) is 11.1 Å². The van der Waals surface area contributed by atoms with Crippen LogP contribution < -0.4 is 16.4 Å². The van der Waals surface area contributed by atoms with Crippen LogP contribution in [0, 0.1) is 5.41 Å². The number of anilines is 2. The maximum Gasteiger partial charge on any atom is 0.241 e. The lowest BCUT2D eigenvalue weighted by Gasteiger charge is -2.18. The van der Waals surface area contributed by atoms with Crippen molar-refractivity contribution in [1.29, 1.82) is 0 Å². The van der Waals surface area contributed by atoms with E-state index in [1.165, 1.54) is 0 Å². The molecule has 0 saturated carbocycles. The lowest BCUT2D eigenvalue weighted by Crippen LogP contribution is -2.35. The van der Waals surface area contributed by atoms with E-state index in [0.29, 0.717) is 17.8 Å². The third-order valence-corrected chi connectivity index (χ3v) is 3.01. The van der Waals surface area contributed by atoms with Crippen LogP contribution in [0.4, 0.5) is 11.4 Å². The highest BCUT2D eigenvalue weighted by molar-refractivity contribution is 5.97. The number of carbonyl (C=O) groups excluding carboxylic acids is 2. The molecule has 4 N–H and O–H groups in total. The molecule has 21 heavy (non-hydrogen) atoms. The molecule has 0 aromatic heterocycles. The summed E-state index contributed by atoms with van der Waals surface area (Å²) < 4.78 is 0. The Labute approximate surface area is 126 Å². The van der Waals surface area contributed by atoms with E-state index in [0.717, 1.165) is 6.42 Å². The van der Waals surface area contributed by atoms with Gasteiger partial charge in [0.2, 0.25) is 11.8 Å². The Hall–Kier alpha value is -1.88. The topological polar surface area (TPSA) is 84.2 Å². The minimum Gasteiger partial charge on any atom is -0.326 e. The monoisotopic (exact) mass is 291 g/mol. The summed E-state index contributed by atoms with van der Waals surface area (Å²) in [4.78, 5) is 23.8. The smallest absolute Gasteiger partial charge is 0.241 e. The fraction of sp³-hybridized carbons (Fsp3) is 0.500. The minimum absolute atomic E-state index is 0.0753. The molecule has 0 radical (unpaired) electrons. The number of benzene rings is 1. The van der Waals surface area contributed by atoms with Crippen LogP contribution in [-0.4, -0.2) is 17.9 Å². The van der Waals surface area contributed by atoms with Gasteiger partial charge >= 0.3 is 0 Å². The van der Waals surface area contributed by atoms with Crippen molar-refractivity contribution in [3.63, 3.8) is 0 Å². The van der Waals surface area contributed by atoms with E-state index in [9.17, 15) is 9.59 Å². The molecule has 1 aromatic carbocycles. The van der Waals surface area contributed by atoms with E-state index in [1.807, 2.05) is 27.7 Å². The maximum atomic E-state index is 11.9. The Morgan fingerprint density at radius 1 is 1.19 bits per heavy atom. The first-order chi connectivity index (χ1) is 9.74. The quantitative estimate of drug-likeness (QED) is 0.780. The third-order valence-electron chi connectivity index (χ3n) is 3.01. The highest BCUT2D eigenvalue weighted by Crippen LogP contribution is 2.20. The average Bonchev–Trinajstić information content (AvgIpc) is 2.38. The molecule has 1 rings (SSSR count). The summed E-state index contributed by atoms with van der Waals surface area (Å²) >= 11 is 0. The SMILES string of the molecule is CCC[C@H](N)C(=O)Nc1cccc(NC(=O)C(C)(C)C)c1. The van der Waals surface area contributed by atoms with Gasteiger partial charge in [-0.15, -0.1) is 0 Å². The van der Waals surface area contributed by atoms with Crippen molar-refractivity contribution in [3.8, 4) is 0 Å². The summed E-state index contributed by atoms with van der Waals surface area (Å²) in [5.41, 5.74) is 6.57. The van der Waals surface area contributed by atoms with Crippen molar-refractivity contribution < 1.29 is 9.59 Å². The molecule has 0 heterocycles. The van der Waals surface area contributed by atoms with E-state index >= 15 is 0 Å². The highest BCUT2D eigenvalue weighted by Gasteiger charge is 2.21. The number of nitrogens with one attached hydrogen (secondary N) is 2. The molecule has 1 atom stereocenters. The Morgan fingerprint density at radius 3 is 2.29 bits per heavy atom. The third kappa shape index (κ3) is 5.55. The lowest BCUT2D eigenvalue weighted by atomic mass is 9.95. The first-order valence-electron chi connectivity index (χ1n) is 7.22. The summed E-state index contributed by atoms with van der Waals surface area (Å²) in [7, 11) is 0. The Kier molecular flexibility index (Phi) is 5.90. The zero-order valence-electron chi connectivity index (χ0n) is 13.2. The van der Waals surface area contributed by atoms with Crippen LogP contribution in [0.1, 0.15) is 40.5 Å². The van der Waals surface area contributed by atoms with Crippen LogP contribution in [0.15, 0.2) is 24.3 Å². The molecule has 0 spiro atoms. The van der Waals surface area contributed by atoms with E-state index < -0.39 is 11.5 Å². The predicted molar refractivity (Wildman–Crippen MR) is 86.0 cm³/mol. The number of amides is 2. The molecule has 5 nitrogen and oxygen atoms in total. The molecule has 0 aliphatic carbocycles. The van der Waals surface area contributed by atoms with Crippen molar-refractivity contribution in [2.75, 3.05) is 10.6 Å². The Bertz CT molecular complexity index is 506. The second-order valence-electron chi connectivity index (χ2n) is 6.17. The molecule has 0 fully saturated rings. The Balaban J connectivity index is 2.73. The van der Waals surface area contributed by atoms with Crippen molar-refractivity contribution in [3.05, 3.63) is 24.3 Å². The van der Waals surface area contributed by atoms with Gasteiger partial charge in [-0.2, -0.15) is 0 Å². The van der Waals surface area contributed by atoms with Crippen molar-refractivity contribution in [1.82, 2.24) is 0 Å². The summed E-state index contributed by atoms with van der Waals surface area (Å²) in [5, 5.41) is 5.59. The van der Waals surface area contributed by atoms with Crippen LogP contribution >= 0.6 is 0 Å². The molecule has 0 bridgehead atoms. The van der Waals surface area contributed by atoms with Gasteiger partial charge in [-0.3, -0.25) is 9.59 Å². The van der Waals surface area contributed by atoms with Gasteiger partial charge in [-0.1, -0.05) is 40.2 Å². The van der Waals surface area contributed by atoms with Crippen molar-refractivity contribution in [2.45, 2.75) is 46.6 Å². The summed E-state index contributed by atoms with van der Waals surface area (Å²) in [5.74, 6) is -0.287. The summed E-state index contributed by atoms with van der Waals surface area (Å²) in [6.07, 6.45) is 1.50. The number of rotatable bonds is 5. The normalized spacial score (nSPS) is 12.6. The van der Waals surface area contributed by atoms with Gasteiger partial charge in [0.05, 0.1) is 6.04 Å². The molecular formula is C16H25N3O2. The van der Waals surface area contributed by atoms with E-state index in [2.05, 4.69) is 10.6 Å². The van der Waals surface area contributed by atoms with Gasteiger partial charge in [0, 0.05) is 16.8 Å². The van der Waals surface area contributed by atoms with Gasteiger partial charge < -0.3 is 16.4 Å². The molecule has 2 amide bonds. The Morgan fingerprint density at radius 2 is 1.76 bits per heavy atom. The number of hydrogen-bond acceptors (Lipinski definition) is 3. The number of carbonyl (C=O) groups is 2. The first-order valence-corrected chi connectivity index (χ1v) is 7.22. The summed E-state index contributed by atoms with van der Waals surface area (Å²) in [6.45, 7) is 7.52. The second-order valence-corrected chi connectivity index (χ2v) is 6.17. The van der Waals surface area contributed by atoms with Crippen LogP contribution in [0.2, 0.25) is 0 Å². The molecule has 116 valence electrons. The van der Waals surface area contributed by atoms with Gasteiger partial charge in [-0.05, 0) is 24.6 Å². The predicted octanol–water partition coefficient (Wildman–Crippen LogP) is 2.74. The summed E-state index contributed by atoms with van der Waals surface area (Å²) in [6, 6.07) is 6.54. The first kappa shape index (κ1) is 17.2. The number of hydrogen-bond donors (Lipinski definition) is 3. The lowest BCUT2D eigenvalue weighted by molar-refractivity contribution is -0.123. The van der Waals surface area contributed by atoms with E-state index in [-0.39, 0.29) is 11.8 Å². The second kappa shape index (κ2) is 7.22. The fourth-order valence-electron chi connectivity index (χ4n) is 1.67. The maximum absolute atomic E-state index is 11.9. The molecule has 0 aliphatic heterocycles. The highest BCUT2D eigenvalue weighted by atomic mass is 16.2. The molecule has 1 aromatic rings. The molecular weight excluding hydrogens is 266 g/mol. The van der Waals surface area contributed by atoms with Crippen LogP contribution in [0.5, 0.6) is 0 Å². The van der Waals surface area contributed by atoms with E-state index in [1.54, 1.807) is 24.3 Å². The molecule has 0 unspecified atom stereocenters. The zero-order valence-corrected chi connectivity index (χ0v) is 13.2. The van der Waals surface area contributed by atoms with Gasteiger partial charge in [0.25, 0.3) is 0 Å². The van der Waals surface area contributed by atoms with Gasteiger partial charge in [0.15, 0.2) is 0 Å². The minimum atomic E-state index is -0.511. The standard InChI is InChI=1S/C16H25N3O2/c1-5-7-13(17)14(20)18-11-8-6-9-12(10-11)19-15(21)16(2,3)4/h6,8-10,13H,5,7,17H2,1-4H3,(H,18,20)(H,19,21)/t13-/m0/s1. The molecule has 0 saturated heterocycles. The van der Waals surface area contributed by atoms with E-state index in [4.69, 9.17) is 5.73 Å². The van der Waals surface area contributed by atoms with Crippen LogP contribution in [0.3, 0.4) is 0 Å². The van der Waals surface area contributed by atoms with Gasteiger partial charge in [0.1, 0.15) is 0 Å². The molecule has 0 aliphatic rings. The zero-order chi connectivity index (χ0) is 16.0. The number of nitrogens with two attached hydrogens (primary N) is 1. The largest absolute Gasteiger partial charge is 0.326 e. The molecule has 5 heteroatoms. The van der Waals surface area contributed by atoms with Gasteiger partial charge in [-0.25, -0.2) is 0 Å². The fourth-order valence-corrected chi connectivity index (χ4v) is 1.67. The average molecular weight is 291 g/mol. The van der Waals surface area contributed by atoms with Crippen LogP contribution in [0.25, 0.3) is 0 Å². The van der Waals surface area contributed by atoms with Crippen molar-refractivity contribution >= 4 is 23.2 Å².